The van der Waals surface area contributed by atoms with Gasteiger partial charge >= 0.3 is 5.97 Å². The average Bonchev–Trinajstić information content (AvgIpc) is 2.62. The summed E-state index contributed by atoms with van der Waals surface area (Å²) >= 11 is 0. The zero-order chi connectivity index (χ0) is 17.6. The van der Waals surface area contributed by atoms with E-state index in [2.05, 4.69) is 9.97 Å². The molecule has 0 aliphatic heterocycles. The summed E-state index contributed by atoms with van der Waals surface area (Å²) in [4.78, 5) is 32.5. The molecule has 7 nitrogen and oxygen atoms in total. The number of anilines is 1. The topological polar surface area (TPSA) is 119 Å². The van der Waals surface area contributed by atoms with E-state index in [1.807, 2.05) is 6.07 Å². The molecule has 3 aromatic heterocycles. The lowest BCUT2D eigenvalue weighted by Crippen LogP contribution is -2.12. The smallest absolute Gasteiger partial charge is 0.339 e. The SMILES string of the molecule is Nc1nc2oc3ccc(C4CCCCC4)nc3c(=O)c2cc1C(=O)O. The lowest BCUT2D eigenvalue weighted by molar-refractivity contribution is 0.0698. The summed E-state index contributed by atoms with van der Waals surface area (Å²) < 4.78 is 5.64. The quantitative estimate of drug-likeness (QED) is 0.688. The highest BCUT2D eigenvalue weighted by Gasteiger charge is 2.20. The molecule has 0 bridgehead atoms. The van der Waals surface area contributed by atoms with Crippen molar-refractivity contribution in [3.8, 4) is 0 Å². The third kappa shape index (κ3) is 2.61. The number of hydrogen-bond acceptors (Lipinski definition) is 6. The molecule has 0 spiro atoms. The molecular formula is C18H17N3O4. The summed E-state index contributed by atoms with van der Waals surface area (Å²) in [6.07, 6.45) is 5.71. The number of aromatic carboxylic acids is 1. The van der Waals surface area contributed by atoms with Crippen molar-refractivity contribution in [2.75, 3.05) is 5.73 Å². The number of rotatable bonds is 2. The van der Waals surface area contributed by atoms with Gasteiger partial charge in [-0.25, -0.2) is 9.78 Å². The van der Waals surface area contributed by atoms with Crippen LogP contribution in [0.15, 0.2) is 27.4 Å². The molecule has 0 atom stereocenters. The van der Waals surface area contributed by atoms with Crippen molar-refractivity contribution in [3.05, 3.63) is 39.7 Å². The standard InChI is InChI=1S/C18H17N3O4/c19-16-11(18(23)24)8-10-15(22)14-13(25-17(10)21-16)7-6-12(20-14)9-4-2-1-3-5-9/h6-9H,1-5H2,(H2,19,21)(H,23,24). The zero-order valence-corrected chi connectivity index (χ0v) is 13.5. The Morgan fingerprint density at radius 3 is 2.68 bits per heavy atom. The predicted octanol–water partition coefficient (Wildman–Crippen LogP) is 3.06. The number of pyridine rings is 2. The van der Waals surface area contributed by atoms with Crippen LogP contribution < -0.4 is 11.2 Å². The maximum absolute atomic E-state index is 12.8. The molecule has 0 radical (unpaired) electrons. The Morgan fingerprint density at radius 2 is 1.96 bits per heavy atom. The summed E-state index contributed by atoms with van der Waals surface area (Å²) in [7, 11) is 0. The Kier molecular flexibility index (Phi) is 3.63. The maximum Gasteiger partial charge on any atom is 0.339 e. The Hall–Kier alpha value is -2.96. The van der Waals surface area contributed by atoms with Gasteiger partial charge in [-0.1, -0.05) is 19.3 Å². The van der Waals surface area contributed by atoms with Crippen molar-refractivity contribution in [3.63, 3.8) is 0 Å². The first-order valence-electron chi connectivity index (χ1n) is 8.32. The van der Waals surface area contributed by atoms with E-state index in [1.165, 1.54) is 25.3 Å². The monoisotopic (exact) mass is 339 g/mol. The minimum atomic E-state index is -1.24. The fourth-order valence-corrected chi connectivity index (χ4v) is 3.49. The van der Waals surface area contributed by atoms with Crippen LogP contribution in [0.25, 0.3) is 22.2 Å². The van der Waals surface area contributed by atoms with Gasteiger partial charge in [0.2, 0.25) is 11.1 Å². The normalized spacial score (nSPS) is 15.7. The average molecular weight is 339 g/mol. The summed E-state index contributed by atoms with van der Waals surface area (Å²) in [5.74, 6) is -1.07. The van der Waals surface area contributed by atoms with E-state index < -0.39 is 5.97 Å². The van der Waals surface area contributed by atoms with Crippen molar-refractivity contribution in [2.45, 2.75) is 38.0 Å². The fraction of sp³-hybridized carbons (Fsp3) is 0.333. The van der Waals surface area contributed by atoms with E-state index in [9.17, 15) is 14.7 Å². The predicted molar refractivity (Wildman–Crippen MR) is 92.8 cm³/mol. The van der Waals surface area contributed by atoms with Gasteiger partial charge in [-0.15, -0.1) is 0 Å². The summed E-state index contributed by atoms with van der Waals surface area (Å²) in [5.41, 5.74) is 6.47. The Balaban J connectivity index is 1.93. The van der Waals surface area contributed by atoms with Gasteiger partial charge in [0.25, 0.3) is 0 Å². The lowest BCUT2D eigenvalue weighted by Gasteiger charge is -2.21. The van der Waals surface area contributed by atoms with Crippen LogP contribution in [0.1, 0.15) is 54.1 Å². The highest BCUT2D eigenvalue weighted by atomic mass is 16.4. The Morgan fingerprint density at radius 1 is 1.20 bits per heavy atom. The van der Waals surface area contributed by atoms with Crippen molar-refractivity contribution in [1.82, 2.24) is 9.97 Å². The number of carboxylic acids is 1. The number of nitrogen functional groups attached to an aromatic ring is 1. The molecule has 7 heteroatoms. The third-order valence-electron chi connectivity index (χ3n) is 4.82. The van der Waals surface area contributed by atoms with E-state index in [0.29, 0.717) is 11.5 Å². The van der Waals surface area contributed by atoms with E-state index in [1.54, 1.807) is 6.07 Å². The highest BCUT2D eigenvalue weighted by molar-refractivity contribution is 5.98. The molecule has 3 heterocycles. The van der Waals surface area contributed by atoms with Gasteiger partial charge in [-0.2, -0.15) is 4.98 Å². The molecule has 1 fully saturated rings. The molecule has 0 aromatic carbocycles. The number of aromatic nitrogens is 2. The van der Waals surface area contributed by atoms with Crippen LogP contribution in [-0.2, 0) is 0 Å². The summed E-state index contributed by atoms with van der Waals surface area (Å²) in [6, 6.07) is 4.83. The molecular weight excluding hydrogens is 322 g/mol. The number of fused-ring (bicyclic) bond motifs is 2. The molecule has 4 rings (SSSR count). The van der Waals surface area contributed by atoms with Gasteiger partial charge in [0, 0.05) is 11.6 Å². The first kappa shape index (κ1) is 15.6. The van der Waals surface area contributed by atoms with Gasteiger partial charge < -0.3 is 15.3 Å². The van der Waals surface area contributed by atoms with E-state index in [0.717, 1.165) is 18.5 Å². The van der Waals surface area contributed by atoms with Crippen LogP contribution >= 0.6 is 0 Å². The van der Waals surface area contributed by atoms with Crippen LogP contribution in [-0.4, -0.2) is 21.0 Å². The van der Waals surface area contributed by atoms with Crippen LogP contribution in [0.2, 0.25) is 0 Å². The second kappa shape index (κ2) is 5.84. The van der Waals surface area contributed by atoms with E-state index in [-0.39, 0.29) is 33.4 Å². The summed E-state index contributed by atoms with van der Waals surface area (Å²) in [5, 5.41) is 9.25. The fourth-order valence-electron chi connectivity index (χ4n) is 3.49. The van der Waals surface area contributed by atoms with Gasteiger partial charge in [0.15, 0.2) is 11.1 Å². The molecule has 128 valence electrons. The van der Waals surface area contributed by atoms with Crippen molar-refractivity contribution in [1.29, 1.82) is 0 Å². The third-order valence-corrected chi connectivity index (χ3v) is 4.82. The largest absolute Gasteiger partial charge is 0.478 e. The van der Waals surface area contributed by atoms with Crippen LogP contribution in [0.4, 0.5) is 5.82 Å². The maximum atomic E-state index is 12.8. The van der Waals surface area contributed by atoms with E-state index in [4.69, 9.17) is 10.2 Å². The molecule has 0 saturated heterocycles. The first-order chi connectivity index (χ1) is 12.0. The number of nitrogens with two attached hydrogens (primary N) is 1. The minimum Gasteiger partial charge on any atom is -0.478 e. The molecule has 0 unspecified atom stereocenters. The van der Waals surface area contributed by atoms with Gasteiger partial charge in [-0.05, 0) is 31.0 Å². The molecule has 0 amide bonds. The van der Waals surface area contributed by atoms with Crippen LogP contribution in [0.5, 0.6) is 0 Å². The number of hydrogen-bond donors (Lipinski definition) is 2. The lowest BCUT2D eigenvalue weighted by atomic mass is 9.86. The minimum absolute atomic E-state index is 0.0206. The van der Waals surface area contributed by atoms with Gasteiger partial charge in [0.1, 0.15) is 11.4 Å². The Bertz CT molecular complexity index is 1050. The second-order valence-electron chi connectivity index (χ2n) is 6.43. The number of carbonyl (C=O) groups is 1. The number of nitrogens with zero attached hydrogens (tertiary/aromatic N) is 2. The first-order valence-corrected chi connectivity index (χ1v) is 8.32. The Labute approximate surface area is 142 Å². The van der Waals surface area contributed by atoms with Crippen molar-refractivity contribution >= 4 is 34.0 Å². The molecule has 3 aromatic rings. The van der Waals surface area contributed by atoms with Crippen LogP contribution in [0.3, 0.4) is 0 Å². The van der Waals surface area contributed by atoms with Crippen molar-refractivity contribution < 1.29 is 14.3 Å². The van der Waals surface area contributed by atoms with Crippen molar-refractivity contribution in [2.24, 2.45) is 0 Å². The molecule has 25 heavy (non-hydrogen) atoms. The van der Waals surface area contributed by atoms with Crippen LogP contribution in [0, 0.1) is 0 Å². The highest BCUT2D eigenvalue weighted by Crippen LogP contribution is 2.32. The molecule has 1 aliphatic carbocycles. The number of carboxylic acid groups (broad SMARTS) is 1. The summed E-state index contributed by atoms with van der Waals surface area (Å²) in [6.45, 7) is 0. The molecule has 1 saturated carbocycles. The van der Waals surface area contributed by atoms with Gasteiger partial charge in [-0.3, -0.25) is 4.79 Å². The molecule has 1 aliphatic rings. The second-order valence-corrected chi connectivity index (χ2v) is 6.43. The molecule has 3 N–H and O–H groups in total. The van der Waals surface area contributed by atoms with E-state index >= 15 is 0 Å². The van der Waals surface area contributed by atoms with Gasteiger partial charge in [0.05, 0.1) is 5.39 Å². The zero-order valence-electron chi connectivity index (χ0n) is 13.5.